The first-order valence-electron chi connectivity index (χ1n) is 6.77. The van der Waals surface area contributed by atoms with Crippen molar-refractivity contribution in [2.24, 2.45) is 5.92 Å². The van der Waals surface area contributed by atoms with Gasteiger partial charge < -0.3 is 15.0 Å². The van der Waals surface area contributed by atoms with E-state index in [1.165, 1.54) is 5.56 Å². The fraction of sp³-hybridized carbons (Fsp3) is 0.533. The van der Waals surface area contributed by atoms with Crippen LogP contribution in [0.4, 0.5) is 4.79 Å². The largest absolute Gasteiger partial charge is 0.381 e. The van der Waals surface area contributed by atoms with Crippen LogP contribution < -0.4 is 5.32 Å². The van der Waals surface area contributed by atoms with Crippen molar-refractivity contribution in [3.05, 3.63) is 35.4 Å². The van der Waals surface area contributed by atoms with E-state index in [4.69, 9.17) is 4.74 Å². The summed E-state index contributed by atoms with van der Waals surface area (Å²) < 4.78 is 5.32. The maximum atomic E-state index is 11.9. The lowest BCUT2D eigenvalue weighted by Gasteiger charge is -2.20. The van der Waals surface area contributed by atoms with Gasteiger partial charge in [0.1, 0.15) is 0 Å². The molecular weight excluding hydrogens is 240 g/mol. The molecular formula is C15H22N2O2. The lowest BCUT2D eigenvalue weighted by molar-refractivity contribution is 0.171. The summed E-state index contributed by atoms with van der Waals surface area (Å²) in [5.41, 5.74) is 2.35. The Kier molecular flexibility index (Phi) is 4.80. The molecule has 0 radical (unpaired) electrons. The summed E-state index contributed by atoms with van der Waals surface area (Å²) in [6.07, 6.45) is 1.05. The number of carbonyl (C=O) groups is 1. The monoisotopic (exact) mass is 262 g/mol. The van der Waals surface area contributed by atoms with Crippen molar-refractivity contribution in [2.75, 3.05) is 26.8 Å². The second-order valence-corrected chi connectivity index (χ2v) is 5.25. The summed E-state index contributed by atoms with van der Waals surface area (Å²) in [5, 5.41) is 2.94. The SMILES string of the molecule is Cc1ccc(CNC(=O)N(C)CC2CCOC2)cc1. The Morgan fingerprint density at radius 2 is 2.16 bits per heavy atom. The molecule has 1 atom stereocenters. The van der Waals surface area contributed by atoms with Gasteiger partial charge in [0.2, 0.25) is 0 Å². The summed E-state index contributed by atoms with van der Waals surface area (Å²) in [6, 6.07) is 8.18. The fourth-order valence-electron chi connectivity index (χ4n) is 2.22. The summed E-state index contributed by atoms with van der Waals surface area (Å²) in [6.45, 7) is 4.99. The Labute approximate surface area is 114 Å². The van der Waals surface area contributed by atoms with Crippen LogP contribution in [0, 0.1) is 12.8 Å². The second kappa shape index (κ2) is 6.57. The zero-order valence-corrected chi connectivity index (χ0v) is 11.7. The molecule has 0 bridgehead atoms. The van der Waals surface area contributed by atoms with Crippen LogP contribution in [-0.4, -0.2) is 37.7 Å². The van der Waals surface area contributed by atoms with Crippen LogP contribution >= 0.6 is 0 Å². The molecule has 19 heavy (non-hydrogen) atoms. The third kappa shape index (κ3) is 4.24. The Morgan fingerprint density at radius 1 is 1.42 bits per heavy atom. The average molecular weight is 262 g/mol. The second-order valence-electron chi connectivity index (χ2n) is 5.25. The van der Waals surface area contributed by atoms with Crippen molar-refractivity contribution in [3.8, 4) is 0 Å². The van der Waals surface area contributed by atoms with Crippen LogP contribution in [0.2, 0.25) is 0 Å². The number of benzene rings is 1. The number of amides is 2. The van der Waals surface area contributed by atoms with E-state index in [0.717, 1.165) is 31.7 Å². The summed E-state index contributed by atoms with van der Waals surface area (Å²) >= 11 is 0. The molecule has 1 heterocycles. The molecule has 1 fully saturated rings. The predicted octanol–water partition coefficient (Wildman–Crippen LogP) is 2.17. The number of nitrogens with one attached hydrogen (secondary N) is 1. The zero-order valence-electron chi connectivity index (χ0n) is 11.7. The van der Waals surface area contributed by atoms with Crippen molar-refractivity contribution in [2.45, 2.75) is 19.9 Å². The third-order valence-corrected chi connectivity index (χ3v) is 3.47. The minimum atomic E-state index is -0.0209. The number of rotatable bonds is 4. The summed E-state index contributed by atoms with van der Waals surface area (Å²) in [4.78, 5) is 13.7. The van der Waals surface area contributed by atoms with Gasteiger partial charge in [0.15, 0.2) is 0 Å². The van der Waals surface area contributed by atoms with Crippen LogP contribution in [0.1, 0.15) is 17.5 Å². The first kappa shape index (κ1) is 13.9. The number of aryl methyl sites for hydroxylation is 1. The van der Waals surface area contributed by atoms with Crippen molar-refractivity contribution in [3.63, 3.8) is 0 Å². The van der Waals surface area contributed by atoms with Crippen LogP contribution in [0.25, 0.3) is 0 Å². The number of carbonyl (C=O) groups excluding carboxylic acids is 1. The molecule has 104 valence electrons. The Balaban J connectivity index is 1.75. The van der Waals surface area contributed by atoms with E-state index in [0.29, 0.717) is 12.5 Å². The average Bonchev–Trinajstić information content (AvgIpc) is 2.90. The maximum absolute atomic E-state index is 11.9. The zero-order chi connectivity index (χ0) is 13.7. The molecule has 1 aliphatic rings. The Hall–Kier alpha value is -1.55. The first-order valence-corrected chi connectivity index (χ1v) is 6.77. The number of urea groups is 1. The van der Waals surface area contributed by atoms with E-state index in [1.807, 2.05) is 19.2 Å². The molecule has 0 aromatic heterocycles. The predicted molar refractivity (Wildman–Crippen MR) is 75.0 cm³/mol. The minimum Gasteiger partial charge on any atom is -0.381 e. The van der Waals surface area contributed by atoms with Gasteiger partial charge in [0.05, 0.1) is 6.61 Å². The molecule has 1 unspecified atom stereocenters. The molecule has 0 spiro atoms. The first-order chi connectivity index (χ1) is 9.15. The molecule has 1 saturated heterocycles. The molecule has 2 rings (SSSR count). The van der Waals surface area contributed by atoms with Gasteiger partial charge in [-0.15, -0.1) is 0 Å². The maximum Gasteiger partial charge on any atom is 0.317 e. The molecule has 1 aliphatic heterocycles. The smallest absolute Gasteiger partial charge is 0.317 e. The van der Waals surface area contributed by atoms with Gasteiger partial charge in [-0.3, -0.25) is 0 Å². The number of hydrogen-bond donors (Lipinski definition) is 1. The van der Waals surface area contributed by atoms with Gasteiger partial charge in [-0.25, -0.2) is 4.79 Å². The van der Waals surface area contributed by atoms with E-state index in [1.54, 1.807) is 4.90 Å². The molecule has 1 aromatic carbocycles. The van der Waals surface area contributed by atoms with Gasteiger partial charge in [-0.2, -0.15) is 0 Å². The highest BCUT2D eigenvalue weighted by atomic mass is 16.5. The third-order valence-electron chi connectivity index (χ3n) is 3.47. The van der Waals surface area contributed by atoms with Crippen molar-refractivity contribution in [1.82, 2.24) is 10.2 Å². The van der Waals surface area contributed by atoms with E-state index in [2.05, 4.69) is 24.4 Å². The topological polar surface area (TPSA) is 41.6 Å². The molecule has 2 amide bonds. The van der Waals surface area contributed by atoms with Gasteiger partial charge in [0.25, 0.3) is 0 Å². The fourth-order valence-corrected chi connectivity index (χ4v) is 2.22. The minimum absolute atomic E-state index is 0.0209. The number of hydrogen-bond acceptors (Lipinski definition) is 2. The highest BCUT2D eigenvalue weighted by molar-refractivity contribution is 5.73. The van der Waals surface area contributed by atoms with E-state index < -0.39 is 0 Å². The number of ether oxygens (including phenoxy) is 1. The van der Waals surface area contributed by atoms with Crippen LogP contribution in [0.15, 0.2) is 24.3 Å². The van der Waals surface area contributed by atoms with Crippen molar-refractivity contribution in [1.29, 1.82) is 0 Å². The molecule has 0 aliphatic carbocycles. The summed E-state index contributed by atoms with van der Waals surface area (Å²) in [5.74, 6) is 0.482. The quantitative estimate of drug-likeness (QED) is 0.903. The molecule has 0 saturated carbocycles. The normalized spacial score (nSPS) is 18.3. The molecule has 4 nitrogen and oxygen atoms in total. The number of nitrogens with zero attached hydrogens (tertiary/aromatic N) is 1. The van der Waals surface area contributed by atoms with Gasteiger partial charge in [0, 0.05) is 32.7 Å². The highest BCUT2D eigenvalue weighted by Gasteiger charge is 2.19. The standard InChI is InChI=1S/C15H22N2O2/c1-12-3-5-13(6-4-12)9-16-15(18)17(2)10-14-7-8-19-11-14/h3-6,14H,7-11H2,1-2H3,(H,16,18). The lowest BCUT2D eigenvalue weighted by atomic mass is 10.1. The molecule has 1 aromatic rings. The van der Waals surface area contributed by atoms with Crippen molar-refractivity contribution >= 4 is 6.03 Å². The van der Waals surface area contributed by atoms with Gasteiger partial charge in [-0.05, 0) is 18.9 Å². The summed E-state index contributed by atoms with van der Waals surface area (Å²) in [7, 11) is 1.84. The van der Waals surface area contributed by atoms with Crippen LogP contribution in [0.5, 0.6) is 0 Å². The van der Waals surface area contributed by atoms with Gasteiger partial charge >= 0.3 is 6.03 Å². The molecule has 4 heteroatoms. The lowest BCUT2D eigenvalue weighted by Crippen LogP contribution is -2.39. The Morgan fingerprint density at radius 3 is 2.79 bits per heavy atom. The van der Waals surface area contributed by atoms with Crippen molar-refractivity contribution < 1.29 is 9.53 Å². The van der Waals surface area contributed by atoms with E-state index in [-0.39, 0.29) is 6.03 Å². The van der Waals surface area contributed by atoms with E-state index in [9.17, 15) is 4.79 Å². The van der Waals surface area contributed by atoms with E-state index >= 15 is 0 Å². The van der Waals surface area contributed by atoms with Crippen LogP contribution in [-0.2, 0) is 11.3 Å². The van der Waals surface area contributed by atoms with Gasteiger partial charge in [-0.1, -0.05) is 29.8 Å². The highest BCUT2D eigenvalue weighted by Crippen LogP contribution is 2.13. The van der Waals surface area contributed by atoms with Crippen LogP contribution in [0.3, 0.4) is 0 Å². The Bertz CT molecular complexity index is 411. The molecule has 1 N–H and O–H groups in total.